The minimum atomic E-state index is 0.315. The third-order valence-corrected chi connectivity index (χ3v) is 2.03. The van der Waals surface area contributed by atoms with Crippen molar-refractivity contribution in [2.24, 2.45) is 11.7 Å². The Labute approximate surface area is 50.7 Å². The molecule has 1 aliphatic rings. The second-order valence-corrected chi connectivity index (χ2v) is 2.74. The van der Waals surface area contributed by atoms with E-state index in [1.54, 1.807) is 0 Å². The molecule has 0 aromatic heterocycles. The fraction of sp³-hybridized carbons (Fsp3) is 1.00. The first kappa shape index (κ1) is 6.05. The minimum Gasteiger partial charge on any atom is -0.316 e. The third kappa shape index (κ3) is 0.858. The van der Waals surface area contributed by atoms with Gasteiger partial charge in [0.05, 0.1) is 6.17 Å². The molecular weight excluding hydrogens is 100 g/mol. The first-order chi connectivity index (χ1) is 3.72. The zero-order valence-corrected chi connectivity index (χ0v) is 5.59. The number of hydrogen-bond donors (Lipinski definition) is 1. The topological polar surface area (TPSA) is 29.3 Å². The van der Waals surface area contributed by atoms with Crippen LogP contribution in [0.3, 0.4) is 0 Å². The van der Waals surface area contributed by atoms with E-state index < -0.39 is 0 Å². The number of nitrogens with two attached hydrogens (primary N) is 1. The van der Waals surface area contributed by atoms with Gasteiger partial charge in [0, 0.05) is 0 Å². The van der Waals surface area contributed by atoms with Crippen LogP contribution in [-0.2, 0) is 0 Å². The summed E-state index contributed by atoms with van der Waals surface area (Å²) in [6.07, 6.45) is 1.58. The monoisotopic (exact) mass is 114 g/mol. The maximum Gasteiger partial charge on any atom is 0.0596 e. The van der Waals surface area contributed by atoms with Crippen LogP contribution in [0.5, 0.6) is 0 Å². The molecule has 1 saturated heterocycles. The summed E-state index contributed by atoms with van der Waals surface area (Å²) < 4.78 is 0. The molecule has 1 fully saturated rings. The third-order valence-electron chi connectivity index (χ3n) is 2.03. The lowest BCUT2D eigenvalue weighted by Crippen LogP contribution is -2.36. The van der Waals surface area contributed by atoms with E-state index in [2.05, 4.69) is 18.9 Å². The van der Waals surface area contributed by atoms with Crippen LogP contribution in [0.4, 0.5) is 0 Å². The lowest BCUT2D eigenvalue weighted by molar-refractivity contribution is 0.287. The second-order valence-electron chi connectivity index (χ2n) is 2.74. The fourth-order valence-electron chi connectivity index (χ4n) is 1.16. The predicted octanol–water partition coefficient (Wildman–Crippen LogP) is 0.243. The molecule has 0 aromatic carbocycles. The maximum absolute atomic E-state index is 5.75. The van der Waals surface area contributed by atoms with Crippen molar-refractivity contribution in [2.45, 2.75) is 19.5 Å². The van der Waals surface area contributed by atoms with E-state index in [9.17, 15) is 0 Å². The summed E-state index contributed by atoms with van der Waals surface area (Å²) in [6.45, 7) is 3.37. The molecule has 1 aliphatic heterocycles. The van der Waals surface area contributed by atoms with Gasteiger partial charge < -0.3 is 5.73 Å². The summed E-state index contributed by atoms with van der Waals surface area (Å²) >= 11 is 0. The SMILES string of the molecule is CC1CCN(C)C1N. The lowest BCUT2D eigenvalue weighted by atomic mass is 10.1. The Hall–Kier alpha value is -0.0800. The van der Waals surface area contributed by atoms with Crippen LogP contribution in [0, 0.1) is 5.92 Å². The predicted molar refractivity (Wildman–Crippen MR) is 34.4 cm³/mol. The molecule has 2 heteroatoms. The molecule has 0 bridgehead atoms. The molecule has 0 spiro atoms. The Morgan fingerprint density at radius 3 is 2.38 bits per heavy atom. The first-order valence-electron chi connectivity index (χ1n) is 3.17. The summed E-state index contributed by atoms with van der Waals surface area (Å²) in [5.74, 6) is 0.694. The van der Waals surface area contributed by atoms with Gasteiger partial charge >= 0.3 is 0 Å². The molecule has 2 unspecified atom stereocenters. The number of nitrogens with zero attached hydrogens (tertiary/aromatic N) is 1. The molecule has 1 heterocycles. The van der Waals surface area contributed by atoms with Gasteiger partial charge in [0.2, 0.25) is 0 Å². The zero-order chi connectivity index (χ0) is 6.15. The van der Waals surface area contributed by atoms with Crippen molar-refractivity contribution >= 4 is 0 Å². The van der Waals surface area contributed by atoms with Crippen molar-refractivity contribution in [1.82, 2.24) is 4.90 Å². The average molecular weight is 114 g/mol. The normalized spacial score (nSPS) is 40.9. The molecule has 48 valence electrons. The Morgan fingerprint density at radius 2 is 2.25 bits per heavy atom. The molecule has 8 heavy (non-hydrogen) atoms. The highest BCUT2D eigenvalue weighted by atomic mass is 15.2. The van der Waals surface area contributed by atoms with Crippen LogP contribution in [0.25, 0.3) is 0 Å². The minimum absolute atomic E-state index is 0.315. The summed E-state index contributed by atoms with van der Waals surface area (Å²) in [6, 6.07) is 0. The smallest absolute Gasteiger partial charge is 0.0596 e. The number of rotatable bonds is 0. The zero-order valence-electron chi connectivity index (χ0n) is 5.59. The highest BCUT2D eigenvalue weighted by molar-refractivity contribution is 4.76. The Morgan fingerprint density at radius 1 is 1.62 bits per heavy atom. The van der Waals surface area contributed by atoms with Crippen molar-refractivity contribution in [2.75, 3.05) is 13.6 Å². The van der Waals surface area contributed by atoms with Gasteiger partial charge in [-0.25, -0.2) is 0 Å². The Balaban J connectivity index is 2.44. The van der Waals surface area contributed by atoms with Crippen LogP contribution < -0.4 is 5.73 Å². The summed E-state index contributed by atoms with van der Waals surface area (Å²) in [4.78, 5) is 2.20. The molecule has 1 rings (SSSR count). The molecule has 0 saturated carbocycles. The van der Waals surface area contributed by atoms with Gasteiger partial charge in [-0.05, 0) is 25.9 Å². The standard InChI is InChI=1S/C6H14N2/c1-5-3-4-8(2)6(5)7/h5-6H,3-4,7H2,1-2H3. The van der Waals surface area contributed by atoms with Gasteiger partial charge in [-0.2, -0.15) is 0 Å². The van der Waals surface area contributed by atoms with E-state index in [4.69, 9.17) is 5.73 Å². The Bertz CT molecular complexity index is 72.6. The van der Waals surface area contributed by atoms with Crippen molar-refractivity contribution in [3.05, 3.63) is 0 Å². The van der Waals surface area contributed by atoms with E-state index in [0.717, 1.165) is 0 Å². The molecule has 0 aliphatic carbocycles. The first-order valence-corrected chi connectivity index (χ1v) is 3.17. The average Bonchev–Trinajstić information content (AvgIpc) is 1.98. The number of likely N-dealkylation sites (tertiary alicyclic amines) is 1. The highest BCUT2D eigenvalue weighted by Gasteiger charge is 2.23. The van der Waals surface area contributed by atoms with Crippen molar-refractivity contribution in [3.8, 4) is 0 Å². The van der Waals surface area contributed by atoms with Crippen LogP contribution in [0.1, 0.15) is 13.3 Å². The molecule has 0 amide bonds. The molecule has 2 nitrogen and oxygen atoms in total. The second kappa shape index (κ2) is 2.03. The lowest BCUT2D eigenvalue weighted by Gasteiger charge is -2.16. The van der Waals surface area contributed by atoms with E-state index >= 15 is 0 Å². The van der Waals surface area contributed by atoms with E-state index in [-0.39, 0.29) is 0 Å². The van der Waals surface area contributed by atoms with Gasteiger partial charge in [0.25, 0.3) is 0 Å². The Kier molecular flexibility index (Phi) is 1.54. The van der Waals surface area contributed by atoms with Crippen molar-refractivity contribution < 1.29 is 0 Å². The van der Waals surface area contributed by atoms with Crippen LogP contribution in [-0.4, -0.2) is 24.7 Å². The van der Waals surface area contributed by atoms with Gasteiger partial charge in [-0.3, -0.25) is 4.90 Å². The van der Waals surface area contributed by atoms with Crippen molar-refractivity contribution in [3.63, 3.8) is 0 Å². The molecule has 0 radical (unpaired) electrons. The van der Waals surface area contributed by atoms with E-state index in [1.165, 1.54) is 13.0 Å². The molecular formula is C6H14N2. The summed E-state index contributed by atoms with van der Waals surface area (Å²) in [7, 11) is 2.08. The van der Waals surface area contributed by atoms with Crippen LogP contribution in [0.2, 0.25) is 0 Å². The largest absolute Gasteiger partial charge is 0.316 e. The quantitative estimate of drug-likeness (QED) is 0.489. The fourth-order valence-corrected chi connectivity index (χ4v) is 1.16. The highest BCUT2D eigenvalue weighted by Crippen LogP contribution is 2.16. The van der Waals surface area contributed by atoms with Gasteiger partial charge in [0.1, 0.15) is 0 Å². The van der Waals surface area contributed by atoms with Crippen molar-refractivity contribution in [1.29, 1.82) is 0 Å². The molecule has 0 aromatic rings. The van der Waals surface area contributed by atoms with E-state index in [1.807, 2.05) is 0 Å². The molecule has 2 N–H and O–H groups in total. The molecule has 2 atom stereocenters. The van der Waals surface area contributed by atoms with Gasteiger partial charge in [0.15, 0.2) is 0 Å². The number of hydrogen-bond acceptors (Lipinski definition) is 2. The summed E-state index contributed by atoms with van der Waals surface area (Å²) in [5, 5.41) is 0. The van der Waals surface area contributed by atoms with E-state index in [0.29, 0.717) is 12.1 Å². The maximum atomic E-state index is 5.75. The van der Waals surface area contributed by atoms with Crippen LogP contribution in [0.15, 0.2) is 0 Å². The van der Waals surface area contributed by atoms with Crippen LogP contribution >= 0.6 is 0 Å². The summed E-state index contributed by atoms with van der Waals surface area (Å²) in [5.41, 5.74) is 5.75. The van der Waals surface area contributed by atoms with Gasteiger partial charge in [-0.15, -0.1) is 0 Å². The van der Waals surface area contributed by atoms with Gasteiger partial charge in [-0.1, -0.05) is 6.92 Å².